The van der Waals surface area contributed by atoms with E-state index in [-0.39, 0.29) is 5.91 Å². The van der Waals surface area contributed by atoms with Crippen LogP contribution in [0.2, 0.25) is 0 Å². The second-order valence-electron chi connectivity index (χ2n) is 2.42. The van der Waals surface area contributed by atoms with Gasteiger partial charge in [0.05, 0.1) is 0 Å². The Morgan fingerprint density at radius 3 is 3.00 bits per heavy atom. The number of thioether (sulfide) groups is 1. The molecule has 0 saturated heterocycles. The minimum atomic E-state index is -0.266. The summed E-state index contributed by atoms with van der Waals surface area (Å²) in [4.78, 5) is 18.7. The first kappa shape index (κ1) is 8.25. The minimum Gasteiger partial charge on any atom is -0.267 e. The molecule has 0 bridgehead atoms. The molecule has 13 heavy (non-hydrogen) atoms. The number of hydrogen-bond acceptors (Lipinski definition) is 3. The van der Waals surface area contributed by atoms with Crippen LogP contribution in [0, 0.1) is 0 Å². The fourth-order valence-corrected chi connectivity index (χ4v) is 1.31. The first-order chi connectivity index (χ1) is 6.29. The molecule has 1 amide bonds. The van der Waals surface area contributed by atoms with Gasteiger partial charge in [-0.3, -0.25) is 4.79 Å². The smallest absolute Gasteiger partial charge is 0.267 e. The predicted molar refractivity (Wildman–Crippen MR) is 52.7 cm³/mol. The lowest BCUT2D eigenvalue weighted by molar-refractivity contribution is -0.113. The van der Waals surface area contributed by atoms with Gasteiger partial charge in [-0.1, -0.05) is 11.8 Å². The normalized spacial score (nSPS) is 19.8. The topological polar surface area (TPSA) is 55.9 Å². The van der Waals surface area contributed by atoms with E-state index in [1.165, 1.54) is 17.8 Å². The van der Waals surface area contributed by atoms with E-state index >= 15 is 0 Å². The molecule has 2 aliphatic heterocycles. The number of hydrogen-bond donors (Lipinski definition) is 0. The lowest BCUT2D eigenvalue weighted by atomic mass is 10.2. The molecule has 2 rings (SSSR count). The molecule has 5 heteroatoms. The lowest BCUT2D eigenvalue weighted by Crippen LogP contribution is -2.27. The molecule has 0 atom stereocenters. The summed E-state index contributed by atoms with van der Waals surface area (Å²) in [6.07, 6.45) is 6.63. The highest BCUT2D eigenvalue weighted by atomic mass is 32.2. The fraction of sp³-hybridized carbons (Fsp3) is 0.125. The average Bonchev–Trinajstić information content (AvgIpc) is 2.16. The molecule has 0 N–H and O–H groups in total. The van der Waals surface area contributed by atoms with Gasteiger partial charge in [0.2, 0.25) is 0 Å². The first-order valence-electron chi connectivity index (χ1n) is 3.64. The van der Waals surface area contributed by atoms with E-state index in [9.17, 15) is 4.79 Å². The van der Waals surface area contributed by atoms with Crippen molar-refractivity contribution in [1.29, 1.82) is 0 Å². The maximum Gasteiger partial charge on any atom is 0.271 e. The van der Waals surface area contributed by atoms with E-state index in [1.807, 2.05) is 6.26 Å². The van der Waals surface area contributed by atoms with Crippen molar-refractivity contribution in [2.24, 2.45) is 9.98 Å². The van der Waals surface area contributed by atoms with E-state index < -0.39 is 0 Å². The highest BCUT2D eigenvalue weighted by Crippen LogP contribution is 2.13. The summed E-state index contributed by atoms with van der Waals surface area (Å²) >= 11 is 1.43. The zero-order valence-electron chi connectivity index (χ0n) is 6.89. The Bertz CT molecular complexity index is 379. The molecule has 2 heterocycles. The van der Waals surface area contributed by atoms with Crippen LogP contribution < -0.4 is 5.32 Å². The largest absolute Gasteiger partial charge is 0.271 e. The number of aliphatic imine (C=N–C) groups is 2. The number of rotatable bonds is 0. The molecular weight excluding hydrogens is 186 g/mol. The number of fused-ring (bicyclic) bond motifs is 1. The number of amides is 1. The summed E-state index contributed by atoms with van der Waals surface area (Å²) in [5, 5.41) is 4.73. The molecule has 1 radical (unpaired) electrons. The summed E-state index contributed by atoms with van der Waals surface area (Å²) in [6, 6.07) is 0. The monoisotopic (exact) mass is 192 g/mol. The minimum absolute atomic E-state index is 0.266. The van der Waals surface area contributed by atoms with Gasteiger partial charge in [-0.05, 0) is 12.3 Å². The van der Waals surface area contributed by atoms with Crippen LogP contribution in [-0.4, -0.2) is 23.2 Å². The molecule has 2 aliphatic rings. The van der Waals surface area contributed by atoms with Gasteiger partial charge >= 0.3 is 0 Å². The van der Waals surface area contributed by atoms with Crippen molar-refractivity contribution < 1.29 is 4.79 Å². The summed E-state index contributed by atoms with van der Waals surface area (Å²) in [5.41, 5.74) is 0.789. The van der Waals surface area contributed by atoms with Gasteiger partial charge in [-0.15, -0.1) is 0 Å². The van der Waals surface area contributed by atoms with Crippen LogP contribution in [0.3, 0.4) is 0 Å². The summed E-state index contributed by atoms with van der Waals surface area (Å²) in [5.74, 6) is 0.199. The van der Waals surface area contributed by atoms with Crippen LogP contribution in [0.5, 0.6) is 0 Å². The Morgan fingerprint density at radius 1 is 1.38 bits per heavy atom. The fourth-order valence-electron chi connectivity index (χ4n) is 0.975. The molecule has 0 unspecified atom stereocenters. The lowest BCUT2D eigenvalue weighted by Gasteiger charge is -2.13. The van der Waals surface area contributed by atoms with Gasteiger partial charge < -0.3 is 0 Å². The molecule has 4 nitrogen and oxygen atoms in total. The Hall–Kier alpha value is -1.36. The summed E-state index contributed by atoms with van der Waals surface area (Å²) in [6.45, 7) is 0. The van der Waals surface area contributed by atoms with Crippen molar-refractivity contribution in [3.05, 3.63) is 23.9 Å². The van der Waals surface area contributed by atoms with E-state index in [0.717, 1.165) is 5.57 Å². The number of amidine groups is 2. The molecule has 0 aliphatic carbocycles. The van der Waals surface area contributed by atoms with Crippen LogP contribution in [0.1, 0.15) is 0 Å². The highest BCUT2D eigenvalue weighted by Gasteiger charge is 2.18. The molecule has 0 saturated carbocycles. The summed E-state index contributed by atoms with van der Waals surface area (Å²) < 4.78 is 0. The van der Waals surface area contributed by atoms with Gasteiger partial charge in [0, 0.05) is 17.8 Å². The van der Waals surface area contributed by atoms with Crippen molar-refractivity contribution in [3.8, 4) is 0 Å². The zero-order chi connectivity index (χ0) is 9.26. The summed E-state index contributed by atoms with van der Waals surface area (Å²) in [7, 11) is 0. The standard InChI is InChI=1S/C8H6N3OS/c1-13-8-9-4-5-2-3-6(12)10-7(5)11-8/h2-4H,1H3. The quantitative estimate of drug-likeness (QED) is 0.567. The number of carbonyl (C=O) groups excluding carboxylic acids is 1. The van der Waals surface area contributed by atoms with Crippen LogP contribution >= 0.6 is 11.8 Å². The van der Waals surface area contributed by atoms with Gasteiger partial charge in [-0.2, -0.15) is 4.99 Å². The predicted octanol–water partition coefficient (Wildman–Crippen LogP) is 0.702. The molecule has 0 spiro atoms. The van der Waals surface area contributed by atoms with Crippen molar-refractivity contribution in [2.75, 3.05) is 6.26 Å². The third-order valence-electron chi connectivity index (χ3n) is 1.58. The van der Waals surface area contributed by atoms with E-state index in [0.29, 0.717) is 11.0 Å². The molecule has 0 aromatic rings. The third kappa shape index (κ3) is 1.55. The van der Waals surface area contributed by atoms with Crippen LogP contribution in [0.25, 0.3) is 0 Å². The van der Waals surface area contributed by atoms with Gasteiger partial charge in [0.1, 0.15) is 0 Å². The second-order valence-corrected chi connectivity index (χ2v) is 3.19. The number of dihydropyridines is 1. The second kappa shape index (κ2) is 3.18. The van der Waals surface area contributed by atoms with Crippen LogP contribution in [-0.2, 0) is 4.79 Å². The third-order valence-corrected chi connectivity index (χ3v) is 2.14. The number of nitrogens with zero attached hydrogens (tertiary/aromatic N) is 3. The maximum absolute atomic E-state index is 10.9. The number of carbonyl (C=O) groups is 1. The van der Waals surface area contributed by atoms with Gasteiger partial charge in [0.15, 0.2) is 11.0 Å². The molecule has 0 aromatic heterocycles. The van der Waals surface area contributed by atoms with Gasteiger partial charge in [0.25, 0.3) is 5.91 Å². The first-order valence-corrected chi connectivity index (χ1v) is 4.87. The molecule has 0 fully saturated rings. The van der Waals surface area contributed by atoms with E-state index in [2.05, 4.69) is 15.3 Å². The van der Waals surface area contributed by atoms with Gasteiger partial charge in [-0.25, -0.2) is 10.3 Å². The molecule has 65 valence electrons. The molecule has 0 aromatic carbocycles. The zero-order valence-corrected chi connectivity index (χ0v) is 7.71. The van der Waals surface area contributed by atoms with E-state index in [1.54, 1.807) is 12.3 Å². The Morgan fingerprint density at radius 2 is 2.23 bits per heavy atom. The molecular formula is C8H6N3OS. The van der Waals surface area contributed by atoms with Crippen molar-refractivity contribution in [3.63, 3.8) is 0 Å². The average molecular weight is 192 g/mol. The highest BCUT2D eigenvalue weighted by molar-refractivity contribution is 8.13. The van der Waals surface area contributed by atoms with Crippen molar-refractivity contribution >= 4 is 28.7 Å². The van der Waals surface area contributed by atoms with E-state index in [4.69, 9.17) is 0 Å². The Balaban J connectivity index is 2.35. The maximum atomic E-state index is 10.9. The SMILES string of the molecule is CSC1=NC=C2C=CC(=O)N=C2[N]1. The van der Waals surface area contributed by atoms with Crippen LogP contribution in [0.4, 0.5) is 0 Å². The van der Waals surface area contributed by atoms with Crippen molar-refractivity contribution in [1.82, 2.24) is 5.32 Å². The Labute approximate surface area is 79.5 Å². The van der Waals surface area contributed by atoms with Crippen molar-refractivity contribution in [2.45, 2.75) is 0 Å². The Kier molecular flexibility index (Phi) is 2.02. The van der Waals surface area contributed by atoms with Crippen LogP contribution in [0.15, 0.2) is 33.9 Å².